The first-order valence-corrected chi connectivity index (χ1v) is 16.4. The minimum atomic E-state index is -0.860. The summed E-state index contributed by atoms with van der Waals surface area (Å²) in [7, 11) is 2.00. The SMILES string of the molecule is CCC(=O)N[C@@H](C(=O)N1CCN(C)CC1)[C@@H](C)c1ccc(NC(=O)C(C=NC(=O)c2conc2CC)[C@H]2CC[C@H](C)CC2)c(F)c1. The molecule has 1 unspecified atom stereocenters. The number of halogens is 1. The summed E-state index contributed by atoms with van der Waals surface area (Å²) in [6, 6.07) is 3.58. The molecule has 2 fully saturated rings. The molecule has 2 aromatic rings. The molecule has 1 aliphatic carbocycles. The fourth-order valence-electron chi connectivity index (χ4n) is 6.18. The van der Waals surface area contributed by atoms with E-state index in [-0.39, 0.29) is 35.4 Å². The first kappa shape index (κ1) is 34.9. The maximum atomic E-state index is 15.6. The largest absolute Gasteiger partial charge is 0.364 e. The number of likely N-dealkylation sites (N-methyl/N-ethyl adjacent to an activating group) is 1. The van der Waals surface area contributed by atoms with Crippen molar-refractivity contribution < 1.29 is 28.1 Å². The van der Waals surface area contributed by atoms with E-state index in [4.69, 9.17) is 4.52 Å². The number of nitrogens with one attached hydrogen (secondary N) is 2. The summed E-state index contributed by atoms with van der Waals surface area (Å²) in [5.74, 6) is -2.88. The van der Waals surface area contributed by atoms with Crippen molar-refractivity contribution in [2.75, 3.05) is 38.5 Å². The maximum Gasteiger partial charge on any atom is 0.281 e. The van der Waals surface area contributed by atoms with Crippen LogP contribution >= 0.6 is 0 Å². The van der Waals surface area contributed by atoms with Crippen LogP contribution in [0.5, 0.6) is 0 Å². The molecule has 2 N–H and O–H groups in total. The Balaban J connectivity index is 1.52. The van der Waals surface area contributed by atoms with Gasteiger partial charge in [0.2, 0.25) is 17.7 Å². The standard InChI is InChI=1S/C34H47FN6O5/c1-6-28-26(20-46-39-28)32(43)36-19-25(23-10-8-21(3)9-11-23)33(44)37-29-13-12-24(18-27(29)35)22(4)31(38-30(42)7-2)34(45)41-16-14-40(5)15-17-41/h12-13,18-23,25,31H,6-11,14-17H2,1-5H3,(H,37,44)(H,38,42)/t21-,22-,23-,25?,31+/m0/s1. The zero-order valence-corrected chi connectivity index (χ0v) is 27.6. The van der Waals surface area contributed by atoms with E-state index >= 15 is 4.39 Å². The van der Waals surface area contributed by atoms with Crippen LogP contribution in [0.2, 0.25) is 0 Å². The van der Waals surface area contributed by atoms with Crippen LogP contribution in [0.4, 0.5) is 10.1 Å². The van der Waals surface area contributed by atoms with Crippen LogP contribution in [0.15, 0.2) is 34.0 Å². The van der Waals surface area contributed by atoms with Crippen LogP contribution < -0.4 is 10.6 Å². The maximum absolute atomic E-state index is 15.6. The van der Waals surface area contributed by atoms with E-state index in [9.17, 15) is 19.2 Å². The number of rotatable bonds is 11. The first-order chi connectivity index (χ1) is 22.0. The number of hydrogen-bond donors (Lipinski definition) is 2. The highest BCUT2D eigenvalue weighted by atomic mass is 19.1. The van der Waals surface area contributed by atoms with Crippen molar-refractivity contribution in [1.82, 2.24) is 20.3 Å². The molecule has 4 amide bonds. The quantitative estimate of drug-likeness (QED) is 0.347. The van der Waals surface area contributed by atoms with E-state index in [0.29, 0.717) is 36.7 Å². The molecule has 12 heteroatoms. The minimum Gasteiger partial charge on any atom is -0.364 e. The van der Waals surface area contributed by atoms with Crippen molar-refractivity contribution >= 4 is 35.5 Å². The van der Waals surface area contributed by atoms with Gasteiger partial charge < -0.3 is 25.0 Å². The molecule has 1 saturated heterocycles. The Kier molecular flexibility index (Phi) is 12.2. The molecule has 4 rings (SSSR count). The number of nitrogens with zero attached hydrogens (tertiary/aromatic N) is 4. The number of carbonyl (C=O) groups is 4. The summed E-state index contributed by atoms with van der Waals surface area (Å²) in [5, 5.41) is 9.40. The van der Waals surface area contributed by atoms with Gasteiger partial charge in [0.05, 0.1) is 17.3 Å². The number of piperazine rings is 1. The normalized spacial score (nSPS) is 21.0. The lowest BCUT2D eigenvalue weighted by Crippen LogP contribution is -2.55. The van der Waals surface area contributed by atoms with E-state index < -0.39 is 35.5 Å². The van der Waals surface area contributed by atoms with Crippen LogP contribution in [0.25, 0.3) is 0 Å². The molecular weight excluding hydrogens is 591 g/mol. The van der Waals surface area contributed by atoms with Gasteiger partial charge in [0.15, 0.2) is 0 Å². The third-order valence-electron chi connectivity index (χ3n) is 9.43. The molecule has 0 radical (unpaired) electrons. The monoisotopic (exact) mass is 638 g/mol. The van der Waals surface area contributed by atoms with Gasteiger partial charge in [0, 0.05) is 44.7 Å². The number of anilines is 1. The lowest BCUT2D eigenvalue weighted by molar-refractivity contribution is -0.138. The third kappa shape index (κ3) is 8.65. The Morgan fingerprint density at radius 1 is 1.11 bits per heavy atom. The molecule has 2 heterocycles. The number of amides is 4. The van der Waals surface area contributed by atoms with Crippen LogP contribution in [0.1, 0.15) is 87.3 Å². The van der Waals surface area contributed by atoms with Crippen LogP contribution in [-0.2, 0) is 20.8 Å². The Labute approximate surface area is 270 Å². The fraction of sp³-hybridized carbons (Fsp3) is 0.588. The van der Waals surface area contributed by atoms with Crippen LogP contribution in [0, 0.1) is 23.6 Å². The predicted molar refractivity (Wildman–Crippen MR) is 173 cm³/mol. The summed E-state index contributed by atoms with van der Waals surface area (Å²) in [6.07, 6.45) is 6.83. The smallest absolute Gasteiger partial charge is 0.281 e. The molecule has 0 spiro atoms. The highest BCUT2D eigenvalue weighted by Crippen LogP contribution is 2.34. The summed E-state index contributed by atoms with van der Waals surface area (Å²) < 4.78 is 20.5. The molecule has 0 bridgehead atoms. The van der Waals surface area contributed by atoms with Crippen molar-refractivity contribution in [3.63, 3.8) is 0 Å². The van der Waals surface area contributed by atoms with Gasteiger partial charge in [-0.05, 0) is 55.8 Å². The molecule has 1 aromatic heterocycles. The van der Waals surface area contributed by atoms with Crippen molar-refractivity contribution in [2.24, 2.45) is 22.7 Å². The average Bonchev–Trinajstić information content (AvgIpc) is 3.54. The molecule has 1 saturated carbocycles. The van der Waals surface area contributed by atoms with Gasteiger partial charge >= 0.3 is 0 Å². The van der Waals surface area contributed by atoms with E-state index in [1.54, 1.807) is 24.8 Å². The Hall–Kier alpha value is -3.93. The Morgan fingerprint density at radius 3 is 2.43 bits per heavy atom. The highest BCUT2D eigenvalue weighted by Gasteiger charge is 2.34. The van der Waals surface area contributed by atoms with Gasteiger partial charge in [0.25, 0.3) is 5.91 Å². The Morgan fingerprint density at radius 2 is 1.80 bits per heavy atom. The van der Waals surface area contributed by atoms with E-state index in [0.717, 1.165) is 38.8 Å². The summed E-state index contributed by atoms with van der Waals surface area (Å²) >= 11 is 0. The lowest BCUT2D eigenvalue weighted by atomic mass is 9.76. The number of aliphatic imine (C=N–C) groups is 1. The van der Waals surface area contributed by atoms with E-state index in [1.165, 1.54) is 24.6 Å². The molecule has 46 heavy (non-hydrogen) atoms. The number of benzene rings is 1. The first-order valence-electron chi connectivity index (χ1n) is 16.4. The van der Waals surface area contributed by atoms with Crippen molar-refractivity contribution in [3.8, 4) is 0 Å². The molecule has 3 atom stereocenters. The Bertz CT molecular complexity index is 1410. The third-order valence-corrected chi connectivity index (χ3v) is 9.43. The molecule has 250 valence electrons. The molecular formula is C34H47FN6O5. The number of aryl methyl sites for hydroxylation is 1. The van der Waals surface area contributed by atoms with Gasteiger partial charge in [-0.15, -0.1) is 0 Å². The second kappa shape index (κ2) is 16.1. The summed E-state index contributed by atoms with van der Waals surface area (Å²) in [6.45, 7) is 10.1. The number of carbonyl (C=O) groups excluding carboxylic acids is 4. The predicted octanol–water partition coefficient (Wildman–Crippen LogP) is 4.44. The van der Waals surface area contributed by atoms with Gasteiger partial charge in [0.1, 0.15) is 23.7 Å². The average molecular weight is 639 g/mol. The van der Waals surface area contributed by atoms with Gasteiger partial charge in [-0.25, -0.2) is 9.38 Å². The highest BCUT2D eigenvalue weighted by molar-refractivity contribution is 6.06. The fourth-order valence-corrected chi connectivity index (χ4v) is 6.18. The topological polar surface area (TPSA) is 137 Å². The van der Waals surface area contributed by atoms with E-state index in [2.05, 4.69) is 32.6 Å². The zero-order chi connectivity index (χ0) is 33.4. The minimum absolute atomic E-state index is 0.0123. The van der Waals surface area contributed by atoms with Crippen LogP contribution in [0.3, 0.4) is 0 Å². The summed E-state index contributed by atoms with van der Waals surface area (Å²) in [4.78, 5) is 60.4. The summed E-state index contributed by atoms with van der Waals surface area (Å²) in [5.41, 5.74) is 1.25. The van der Waals surface area contributed by atoms with Gasteiger partial charge in [-0.2, -0.15) is 0 Å². The molecule has 1 aromatic carbocycles. The second-order valence-electron chi connectivity index (χ2n) is 12.7. The molecule has 1 aliphatic heterocycles. The van der Waals surface area contributed by atoms with Gasteiger partial charge in [-0.3, -0.25) is 19.2 Å². The zero-order valence-electron chi connectivity index (χ0n) is 27.6. The second-order valence-corrected chi connectivity index (χ2v) is 12.7. The van der Waals surface area contributed by atoms with Crippen molar-refractivity contribution in [2.45, 2.75) is 78.2 Å². The van der Waals surface area contributed by atoms with Crippen LogP contribution in [-0.4, -0.2) is 84.1 Å². The molecule has 11 nitrogen and oxygen atoms in total. The van der Waals surface area contributed by atoms with Crippen molar-refractivity contribution in [1.29, 1.82) is 0 Å². The number of hydrogen-bond acceptors (Lipinski definition) is 7. The molecule has 2 aliphatic rings. The number of aromatic nitrogens is 1. The van der Waals surface area contributed by atoms with Crippen molar-refractivity contribution in [3.05, 3.63) is 47.1 Å². The lowest BCUT2D eigenvalue weighted by Gasteiger charge is -2.36. The van der Waals surface area contributed by atoms with E-state index in [1.807, 2.05) is 14.0 Å². The van der Waals surface area contributed by atoms with Gasteiger partial charge in [-0.1, -0.05) is 51.8 Å².